The van der Waals surface area contributed by atoms with E-state index in [0.717, 1.165) is 16.9 Å². The largest absolute Gasteiger partial charge is 0.466 e. The van der Waals surface area contributed by atoms with E-state index >= 15 is 0 Å². The molecular weight excluding hydrogens is 350 g/mol. The second-order valence-corrected chi connectivity index (χ2v) is 7.75. The van der Waals surface area contributed by atoms with Gasteiger partial charge in [-0.25, -0.2) is 0 Å². The van der Waals surface area contributed by atoms with Crippen molar-refractivity contribution in [2.75, 3.05) is 13.2 Å². The molecular formula is C16H19NO3S3. The molecule has 0 spiro atoms. The molecule has 0 unspecified atom stereocenters. The van der Waals surface area contributed by atoms with Gasteiger partial charge in [-0.1, -0.05) is 30.9 Å². The second-order valence-electron chi connectivity index (χ2n) is 5.13. The van der Waals surface area contributed by atoms with Gasteiger partial charge in [-0.15, -0.1) is 11.3 Å². The predicted molar refractivity (Wildman–Crippen MR) is 99.4 cm³/mol. The Balaban J connectivity index is 1.90. The van der Waals surface area contributed by atoms with Crippen molar-refractivity contribution in [1.29, 1.82) is 0 Å². The first kappa shape index (κ1) is 18.2. The number of hydrogen-bond donors (Lipinski definition) is 0. The third-order valence-corrected chi connectivity index (χ3v) is 5.61. The zero-order chi connectivity index (χ0) is 16.8. The van der Waals surface area contributed by atoms with Crippen molar-refractivity contribution in [3.8, 4) is 0 Å². The van der Waals surface area contributed by atoms with Crippen molar-refractivity contribution < 1.29 is 14.3 Å². The van der Waals surface area contributed by atoms with E-state index in [1.807, 2.05) is 31.4 Å². The summed E-state index contributed by atoms with van der Waals surface area (Å²) in [6, 6.07) is 2.03. The lowest BCUT2D eigenvalue weighted by Gasteiger charge is -2.13. The first-order valence-electron chi connectivity index (χ1n) is 7.48. The number of thiophene rings is 1. The Hall–Kier alpha value is -1.18. The van der Waals surface area contributed by atoms with Crippen molar-refractivity contribution in [3.05, 3.63) is 26.8 Å². The Bertz CT molecular complexity index is 636. The molecule has 0 bridgehead atoms. The van der Waals surface area contributed by atoms with E-state index in [2.05, 4.69) is 0 Å². The summed E-state index contributed by atoms with van der Waals surface area (Å²) in [7, 11) is 0. The molecule has 4 nitrogen and oxygen atoms in total. The molecule has 0 saturated carbocycles. The normalized spacial score (nSPS) is 16.4. The lowest BCUT2D eigenvalue weighted by atomic mass is 10.2. The number of ether oxygens (including phenoxy) is 1. The van der Waals surface area contributed by atoms with Gasteiger partial charge in [0, 0.05) is 17.8 Å². The molecule has 7 heteroatoms. The molecule has 1 saturated heterocycles. The van der Waals surface area contributed by atoms with E-state index in [9.17, 15) is 9.59 Å². The molecule has 1 aliphatic heterocycles. The van der Waals surface area contributed by atoms with E-state index < -0.39 is 0 Å². The molecule has 1 amide bonds. The number of thioether (sulfide) groups is 1. The topological polar surface area (TPSA) is 46.6 Å². The Kier molecular flexibility index (Phi) is 6.80. The maximum atomic E-state index is 12.4. The molecule has 0 aliphatic carbocycles. The van der Waals surface area contributed by atoms with E-state index in [1.165, 1.54) is 11.8 Å². The summed E-state index contributed by atoms with van der Waals surface area (Å²) in [5, 5.41) is 2.00. The lowest BCUT2D eigenvalue weighted by molar-refractivity contribution is -0.144. The average Bonchev–Trinajstić information content (AvgIpc) is 3.03. The summed E-state index contributed by atoms with van der Waals surface area (Å²) in [5.74, 6) is -0.295. The van der Waals surface area contributed by atoms with Crippen LogP contribution in [0.3, 0.4) is 0 Å². The second kappa shape index (κ2) is 8.61. The molecule has 0 atom stereocenters. The quantitative estimate of drug-likeness (QED) is 0.413. The molecule has 1 fully saturated rings. The first-order chi connectivity index (χ1) is 11.0. The van der Waals surface area contributed by atoms with Crippen LogP contribution in [0.1, 0.15) is 36.6 Å². The van der Waals surface area contributed by atoms with Crippen LogP contribution < -0.4 is 0 Å². The van der Waals surface area contributed by atoms with E-state index in [-0.39, 0.29) is 11.9 Å². The van der Waals surface area contributed by atoms with Crippen LogP contribution in [0.4, 0.5) is 0 Å². The average molecular weight is 370 g/mol. The van der Waals surface area contributed by atoms with Gasteiger partial charge in [0.2, 0.25) is 0 Å². The van der Waals surface area contributed by atoms with Crippen molar-refractivity contribution in [1.82, 2.24) is 4.90 Å². The van der Waals surface area contributed by atoms with Crippen LogP contribution in [0.15, 0.2) is 16.4 Å². The van der Waals surface area contributed by atoms with Crippen LogP contribution in [-0.2, 0) is 14.3 Å². The van der Waals surface area contributed by atoms with Gasteiger partial charge in [0.05, 0.1) is 11.5 Å². The van der Waals surface area contributed by atoms with Crippen molar-refractivity contribution in [3.63, 3.8) is 0 Å². The summed E-state index contributed by atoms with van der Waals surface area (Å²) >= 11 is 8.21. The number of esters is 1. The summed E-state index contributed by atoms with van der Waals surface area (Å²) in [4.78, 5) is 27.2. The Morgan fingerprint density at radius 2 is 2.26 bits per heavy atom. The number of hydrogen-bond acceptors (Lipinski definition) is 6. The Labute approximate surface area is 149 Å². The van der Waals surface area contributed by atoms with Crippen LogP contribution in [0.2, 0.25) is 0 Å². The third-order valence-electron chi connectivity index (χ3n) is 3.27. The minimum absolute atomic E-state index is 0.0743. The number of aryl methyl sites for hydroxylation is 1. The molecule has 124 valence electrons. The summed E-state index contributed by atoms with van der Waals surface area (Å²) < 4.78 is 5.58. The fourth-order valence-corrected chi connectivity index (χ4v) is 4.24. The smallest absolute Gasteiger partial charge is 0.305 e. The van der Waals surface area contributed by atoms with Gasteiger partial charge in [-0.2, -0.15) is 0 Å². The minimum atomic E-state index is -0.220. The van der Waals surface area contributed by atoms with Crippen LogP contribution in [0.25, 0.3) is 6.08 Å². The molecule has 0 N–H and O–H groups in total. The molecule has 0 aromatic carbocycles. The number of carbonyl (C=O) groups excluding carboxylic acids is 2. The van der Waals surface area contributed by atoms with Gasteiger partial charge >= 0.3 is 5.97 Å². The minimum Gasteiger partial charge on any atom is -0.466 e. The maximum Gasteiger partial charge on any atom is 0.305 e. The Morgan fingerprint density at radius 1 is 1.48 bits per heavy atom. The third kappa shape index (κ3) is 4.89. The maximum absolute atomic E-state index is 12.4. The van der Waals surface area contributed by atoms with Crippen LogP contribution in [0, 0.1) is 6.92 Å². The fraction of sp³-hybridized carbons (Fsp3) is 0.438. The van der Waals surface area contributed by atoms with Crippen LogP contribution >= 0.6 is 35.3 Å². The summed E-state index contributed by atoms with van der Waals surface area (Å²) in [6.45, 7) is 4.87. The number of nitrogens with zero attached hydrogens (tertiary/aromatic N) is 1. The molecule has 2 rings (SSSR count). The fourth-order valence-electron chi connectivity index (χ4n) is 2.01. The van der Waals surface area contributed by atoms with Gasteiger partial charge in [-0.3, -0.25) is 14.5 Å². The number of carbonyl (C=O) groups is 2. The van der Waals surface area contributed by atoms with E-state index in [0.29, 0.717) is 35.2 Å². The standard InChI is InChI=1S/C16H19NO3S3/c1-3-8-20-14(18)5-4-7-17-15(19)13(23-16(17)21)10-12-11(2)6-9-22-12/h6,9-10H,3-5,7-8H2,1-2H3/b13-10+. The molecule has 23 heavy (non-hydrogen) atoms. The summed E-state index contributed by atoms with van der Waals surface area (Å²) in [5.41, 5.74) is 1.15. The molecule has 1 aliphatic rings. The van der Waals surface area contributed by atoms with Crippen molar-refractivity contribution >= 4 is 57.6 Å². The van der Waals surface area contributed by atoms with Gasteiger partial charge < -0.3 is 4.74 Å². The first-order valence-corrected chi connectivity index (χ1v) is 9.58. The molecule has 1 aromatic rings. The highest BCUT2D eigenvalue weighted by Gasteiger charge is 2.31. The lowest BCUT2D eigenvalue weighted by Crippen LogP contribution is -2.29. The molecule has 0 radical (unpaired) electrons. The van der Waals surface area contributed by atoms with Gasteiger partial charge in [-0.05, 0) is 42.9 Å². The van der Waals surface area contributed by atoms with E-state index in [1.54, 1.807) is 16.2 Å². The molecule has 1 aromatic heterocycles. The van der Waals surface area contributed by atoms with Crippen molar-refractivity contribution in [2.24, 2.45) is 0 Å². The zero-order valence-electron chi connectivity index (χ0n) is 13.2. The predicted octanol–water partition coefficient (Wildman–Crippen LogP) is 3.99. The summed E-state index contributed by atoms with van der Waals surface area (Å²) in [6.07, 6.45) is 3.57. The van der Waals surface area contributed by atoms with E-state index in [4.69, 9.17) is 17.0 Å². The SMILES string of the molecule is CCCOC(=O)CCCN1C(=O)/C(=C\c2sccc2C)SC1=S. The molecule has 2 heterocycles. The van der Waals surface area contributed by atoms with Crippen LogP contribution in [-0.4, -0.2) is 34.2 Å². The van der Waals surface area contributed by atoms with Crippen molar-refractivity contribution in [2.45, 2.75) is 33.1 Å². The van der Waals surface area contributed by atoms with Gasteiger partial charge in [0.25, 0.3) is 5.91 Å². The highest BCUT2D eigenvalue weighted by Crippen LogP contribution is 2.34. The van der Waals surface area contributed by atoms with Gasteiger partial charge in [0.15, 0.2) is 0 Å². The highest BCUT2D eigenvalue weighted by atomic mass is 32.2. The van der Waals surface area contributed by atoms with Gasteiger partial charge in [0.1, 0.15) is 4.32 Å². The number of thiocarbonyl (C=S) groups is 1. The monoisotopic (exact) mass is 369 g/mol. The number of amides is 1. The van der Waals surface area contributed by atoms with Crippen LogP contribution in [0.5, 0.6) is 0 Å². The Morgan fingerprint density at radius 3 is 2.91 bits per heavy atom. The zero-order valence-corrected chi connectivity index (χ0v) is 15.6. The number of rotatable bonds is 7. The highest BCUT2D eigenvalue weighted by molar-refractivity contribution is 8.26.